The van der Waals surface area contributed by atoms with Gasteiger partial charge in [0.05, 0.1) is 10.4 Å². The van der Waals surface area contributed by atoms with E-state index < -0.39 is 22.7 Å². The van der Waals surface area contributed by atoms with Crippen LogP contribution in [0.2, 0.25) is 5.02 Å². The summed E-state index contributed by atoms with van der Waals surface area (Å²) in [6, 6.07) is 7.13. The molecule has 9 heteroatoms. The number of nitrogens with zero attached hydrogens (tertiary/aromatic N) is 3. The van der Waals surface area contributed by atoms with E-state index in [0.717, 1.165) is 0 Å². The van der Waals surface area contributed by atoms with Gasteiger partial charge in [0.1, 0.15) is 17.1 Å². The van der Waals surface area contributed by atoms with Crippen LogP contribution in [-0.2, 0) is 10.3 Å². The van der Waals surface area contributed by atoms with Crippen LogP contribution in [0.3, 0.4) is 0 Å². The summed E-state index contributed by atoms with van der Waals surface area (Å²) in [5, 5.41) is 3.08. The molecule has 0 unspecified atom stereocenters. The lowest BCUT2D eigenvalue weighted by molar-refractivity contribution is -0.140. The van der Waals surface area contributed by atoms with Gasteiger partial charge in [-0.1, -0.05) is 11.6 Å². The van der Waals surface area contributed by atoms with E-state index in [9.17, 15) is 14.0 Å². The molecule has 7 nitrogen and oxygen atoms in total. The first-order chi connectivity index (χ1) is 13.5. The van der Waals surface area contributed by atoms with E-state index in [4.69, 9.17) is 17.3 Å². The third kappa shape index (κ3) is 3.44. The SMILES string of the molecule is CN1C(=O)C(C)(C)[C@@](C)(c2cc(NC(=O)c3ccc(Cl)cn3)ccc2F)N=C1N. The van der Waals surface area contributed by atoms with Gasteiger partial charge in [-0.2, -0.15) is 0 Å². The molecule has 0 bridgehead atoms. The van der Waals surface area contributed by atoms with Crippen LogP contribution in [0.25, 0.3) is 0 Å². The van der Waals surface area contributed by atoms with E-state index in [-0.39, 0.29) is 23.1 Å². The fourth-order valence-electron chi connectivity index (χ4n) is 3.25. The van der Waals surface area contributed by atoms with Gasteiger partial charge >= 0.3 is 0 Å². The summed E-state index contributed by atoms with van der Waals surface area (Å²) in [5.74, 6) is -1.33. The fourth-order valence-corrected chi connectivity index (χ4v) is 3.37. The van der Waals surface area contributed by atoms with Crippen LogP contribution < -0.4 is 11.1 Å². The summed E-state index contributed by atoms with van der Waals surface area (Å²) in [6.45, 7) is 5.02. The standard InChI is InChI=1S/C20H21ClFN5O2/c1-19(2)17(29)27(4)18(23)26-20(19,3)13-9-12(6-7-14(13)22)25-16(28)15-8-5-11(21)10-24-15/h5-10H,1-4H3,(H2,23,26)(H,25,28)/t20-/m1/s1. The molecule has 1 aliphatic heterocycles. The molecule has 1 atom stereocenters. The molecule has 3 rings (SSSR count). The highest BCUT2D eigenvalue weighted by atomic mass is 35.5. The Morgan fingerprint density at radius 2 is 1.93 bits per heavy atom. The van der Waals surface area contributed by atoms with Crippen molar-refractivity contribution in [2.45, 2.75) is 26.3 Å². The van der Waals surface area contributed by atoms with Gasteiger partial charge < -0.3 is 11.1 Å². The molecule has 0 aliphatic carbocycles. The number of halogens is 2. The van der Waals surface area contributed by atoms with Crippen LogP contribution in [0.15, 0.2) is 41.5 Å². The number of aromatic nitrogens is 1. The van der Waals surface area contributed by atoms with Gasteiger partial charge in [0.25, 0.3) is 5.91 Å². The molecular weight excluding hydrogens is 397 g/mol. The van der Waals surface area contributed by atoms with E-state index >= 15 is 0 Å². The van der Waals surface area contributed by atoms with Crippen molar-refractivity contribution < 1.29 is 14.0 Å². The van der Waals surface area contributed by atoms with Crippen molar-refractivity contribution in [3.05, 3.63) is 58.6 Å². The predicted octanol–water partition coefficient (Wildman–Crippen LogP) is 3.15. The van der Waals surface area contributed by atoms with Crippen LogP contribution in [0.5, 0.6) is 0 Å². The molecule has 0 fully saturated rings. The predicted molar refractivity (Wildman–Crippen MR) is 109 cm³/mol. The zero-order valence-electron chi connectivity index (χ0n) is 16.5. The molecule has 1 aliphatic rings. The summed E-state index contributed by atoms with van der Waals surface area (Å²) in [4.78, 5) is 34.9. The first kappa shape index (κ1) is 20.7. The zero-order chi connectivity index (χ0) is 21.6. The number of guanidine groups is 1. The maximum atomic E-state index is 14.8. The lowest BCUT2D eigenvalue weighted by Crippen LogP contribution is -2.58. The second kappa shape index (κ2) is 7.11. The highest BCUT2D eigenvalue weighted by Crippen LogP contribution is 2.47. The number of amides is 2. The monoisotopic (exact) mass is 417 g/mol. The lowest BCUT2D eigenvalue weighted by Gasteiger charge is -2.46. The number of hydrogen-bond donors (Lipinski definition) is 2. The summed E-state index contributed by atoms with van der Waals surface area (Å²) < 4.78 is 14.8. The molecule has 3 N–H and O–H groups in total. The van der Waals surface area contributed by atoms with Crippen LogP contribution in [0, 0.1) is 11.2 Å². The number of aliphatic imine (C=N–C) groups is 1. The summed E-state index contributed by atoms with van der Waals surface area (Å²) in [7, 11) is 1.52. The topological polar surface area (TPSA) is 101 Å². The van der Waals surface area contributed by atoms with E-state index in [1.54, 1.807) is 26.8 Å². The van der Waals surface area contributed by atoms with Crippen molar-refractivity contribution in [1.29, 1.82) is 0 Å². The quantitative estimate of drug-likeness (QED) is 0.800. The molecule has 0 spiro atoms. The second-order valence-corrected chi connectivity index (χ2v) is 7.98. The largest absolute Gasteiger partial charge is 0.369 e. The zero-order valence-corrected chi connectivity index (χ0v) is 17.2. The highest BCUT2D eigenvalue weighted by molar-refractivity contribution is 6.30. The molecule has 152 valence electrons. The number of carbonyl (C=O) groups is 2. The Balaban J connectivity index is 2.02. The molecule has 0 radical (unpaired) electrons. The van der Waals surface area contributed by atoms with Crippen molar-refractivity contribution in [2.24, 2.45) is 16.1 Å². The summed E-state index contributed by atoms with van der Waals surface area (Å²) >= 11 is 5.79. The van der Waals surface area contributed by atoms with E-state index in [1.165, 1.54) is 42.4 Å². The number of rotatable bonds is 3. The Labute approximate surface area is 172 Å². The van der Waals surface area contributed by atoms with E-state index in [2.05, 4.69) is 15.3 Å². The number of nitrogens with two attached hydrogens (primary N) is 1. The molecule has 2 aromatic rings. The normalized spacial score (nSPS) is 21.0. The van der Waals surface area contributed by atoms with Crippen molar-refractivity contribution in [2.75, 3.05) is 12.4 Å². The minimum absolute atomic E-state index is 0.00368. The van der Waals surface area contributed by atoms with Crippen molar-refractivity contribution >= 4 is 35.1 Å². The number of carbonyl (C=O) groups excluding carboxylic acids is 2. The maximum absolute atomic E-state index is 14.8. The number of anilines is 1. The molecule has 2 heterocycles. The van der Waals surface area contributed by atoms with Crippen LogP contribution >= 0.6 is 11.6 Å². The van der Waals surface area contributed by atoms with Gasteiger partial charge in [-0.25, -0.2) is 14.4 Å². The molecule has 1 aromatic heterocycles. The van der Waals surface area contributed by atoms with E-state index in [1.807, 2.05) is 0 Å². The molecule has 0 saturated heterocycles. The number of benzene rings is 1. The van der Waals surface area contributed by atoms with Gasteiger partial charge in [0.15, 0.2) is 5.96 Å². The molecular formula is C20H21ClFN5O2. The van der Waals surface area contributed by atoms with Gasteiger partial charge in [-0.05, 0) is 51.1 Å². The second-order valence-electron chi connectivity index (χ2n) is 7.54. The van der Waals surface area contributed by atoms with Crippen LogP contribution in [0.4, 0.5) is 10.1 Å². The van der Waals surface area contributed by atoms with Crippen LogP contribution in [-0.4, -0.2) is 34.7 Å². The Morgan fingerprint density at radius 1 is 1.24 bits per heavy atom. The summed E-state index contributed by atoms with van der Waals surface area (Å²) in [5.41, 5.74) is 4.19. The maximum Gasteiger partial charge on any atom is 0.274 e. The van der Waals surface area contributed by atoms with Crippen molar-refractivity contribution in [3.8, 4) is 0 Å². The average Bonchev–Trinajstić information content (AvgIpc) is 2.67. The third-order valence-corrected chi connectivity index (χ3v) is 5.67. The minimum atomic E-state index is -1.27. The molecule has 2 amide bonds. The van der Waals surface area contributed by atoms with Gasteiger partial charge in [-0.15, -0.1) is 0 Å². The lowest BCUT2D eigenvalue weighted by atomic mass is 9.67. The molecule has 1 aromatic carbocycles. The van der Waals surface area contributed by atoms with Crippen molar-refractivity contribution in [1.82, 2.24) is 9.88 Å². The smallest absolute Gasteiger partial charge is 0.274 e. The van der Waals surface area contributed by atoms with Gasteiger partial charge in [0, 0.05) is 24.5 Å². The molecule has 29 heavy (non-hydrogen) atoms. The fraction of sp³-hybridized carbons (Fsp3) is 0.300. The Kier molecular flexibility index (Phi) is 5.08. The van der Waals surface area contributed by atoms with Crippen LogP contribution in [0.1, 0.15) is 36.8 Å². The minimum Gasteiger partial charge on any atom is -0.369 e. The summed E-state index contributed by atoms with van der Waals surface area (Å²) in [6.07, 6.45) is 1.36. The first-order valence-electron chi connectivity index (χ1n) is 8.84. The number of nitrogens with one attached hydrogen (secondary N) is 1. The van der Waals surface area contributed by atoms with E-state index in [0.29, 0.717) is 10.7 Å². The average molecular weight is 418 g/mol. The Bertz CT molecular complexity index is 1020. The third-order valence-electron chi connectivity index (χ3n) is 5.45. The van der Waals surface area contributed by atoms with Crippen molar-refractivity contribution in [3.63, 3.8) is 0 Å². The highest BCUT2D eigenvalue weighted by Gasteiger charge is 2.53. The van der Waals surface area contributed by atoms with Gasteiger partial charge in [-0.3, -0.25) is 14.5 Å². The Morgan fingerprint density at radius 3 is 2.55 bits per heavy atom. The first-order valence-corrected chi connectivity index (χ1v) is 9.21. The Hall–Kier alpha value is -3.00. The molecule has 0 saturated carbocycles. The van der Waals surface area contributed by atoms with Gasteiger partial charge in [0.2, 0.25) is 5.91 Å². The number of hydrogen-bond acceptors (Lipinski definition) is 5. The number of pyridine rings is 1.